The summed E-state index contributed by atoms with van der Waals surface area (Å²) in [5.74, 6) is 0.923. The highest BCUT2D eigenvalue weighted by atomic mass is 15.2. The Labute approximate surface area is 90.3 Å². The molecule has 0 aliphatic heterocycles. The minimum Gasteiger partial charge on any atom is -0.397 e. The van der Waals surface area contributed by atoms with Crippen molar-refractivity contribution in [1.29, 1.82) is 0 Å². The maximum atomic E-state index is 5.77. The molecule has 0 spiro atoms. The molecule has 1 aromatic rings. The van der Waals surface area contributed by atoms with Gasteiger partial charge in [-0.3, -0.25) is 4.98 Å². The lowest BCUT2D eigenvalue weighted by molar-refractivity contribution is 0.717. The molecule has 3 rings (SSSR count). The molecular formula is C12H17N3. The summed E-state index contributed by atoms with van der Waals surface area (Å²) in [5.41, 5.74) is 7.76. The van der Waals surface area contributed by atoms with E-state index in [4.69, 9.17) is 5.73 Å². The van der Waals surface area contributed by atoms with Crippen molar-refractivity contribution in [2.24, 2.45) is 5.92 Å². The Morgan fingerprint density at radius 3 is 2.67 bits per heavy atom. The molecule has 80 valence electrons. The Kier molecular flexibility index (Phi) is 2.04. The summed E-state index contributed by atoms with van der Waals surface area (Å²) in [6, 6.07) is 2.81. The molecule has 0 bridgehead atoms. The number of aromatic nitrogens is 1. The van der Waals surface area contributed by atoms with E-state index in [9.17, 15) is 0 Å². The van der Waals surface area contributed by atoms with Gasteiger partial charge in [-0.1, -0.05) is 0 Å². The van der Waals surface area contributed by atoms with Crippen LogP contribution in [0.25, 0.3) is 0 Å². The van der Waals surface area contributed by atoms with Gasteiger partial charge in [-0.05, 0) is 37.7 Å². The molecule has 2 N–H and O–H groups in total. The molecule has 0 saturated heterocycles. The first kappa shape index (κ1) is 9.01. The monoisotopic (exact) mass is 203 g/mol. The van der Waals surface area contributed by atoms with Gasteiger partial charge in [-0.25, -0.2) is 0 Å². The molecular weight excluding hydrogens is 186 g/mol. The molecule has 15 heavy (non-hydrogen) atoms. The second kappa shape index (κ2) is 3.40. The van der Waals surface area contributed by atoms with Gasteiger partial charge < -0.3 is 10.6 Å². The lowest BCUT2D eigenvalue weighted by atomic mass is 10.3. The lowest BCUT2D eigenvalue weighted by Gasteiger charge is -2.24. The zero-order chi connectivity index (χ0) is 10.3. The van der Waals surface area contributed by atoms with Gasteiger partial charge >= 0.3 is 0 Å². The van der Waals surface area contributed by atoms with Crippen molar-refractivity contribution in [1.82, 2.24) is 4.98 Å². The number of nitrogens with two attached hydrogens (primary N) is 1. The number of nitrogens with zero attached hydrogens (tertiary/aromatic N) is 2. The van der Waals surface area contributed by atoms with Crippen molar-refractivity contribution in [3.63, 3.8) is 0 Å². The van der Waals surface area contributed by atoms with Crippen LogP contribution in [-0.2, 0) is 0 Å². The van der Waals surface area contributed by atoms with Crippen molar-refractivity contribution in [2.75, 3.05) is 17.2 Å². The number of anilines is 2. The van der Waals surface area contributed by atoms with Crippen molar-refractivity contribution in [3.8, 4) is 0 Å². The first-order valence-electron chi connectivity index (χ1n) is 5.80. The van der Waals surface area contributed by atoms with Crippen molar-refractivity contribution < 1.29 is 0 Å². The highest BCUT2D eigenvalue weighted by Crippen LogP contribution is 2.37. The van der Waals surface area contributed by atoms with Gasteiger partial charge in [0.25, 0.3) is 0 Å². The highest BCUT2D eigenvalue weighted by Gasteiger charge is 2.33. The maximum absolute atomic E-state index is 5.77. The predicted octanol–water partition coefficient (Wildman–Crippen LogP) is 2.04. The smallest absolute Gasteiger partial charge is 0.0576 e. The Morgan fingerprint density at radius 2 is 2.07 bits per heavy atom. The van der Waals surface area contributed by atoms with Crippen LogP contribution in [0.15, 0.2) is 18.5 Å². The van der Waals surface area contributed by atoms with Gasteiger partial charge in [-0.15, -0.1) is 0 Å². The van der Waals surface area contributed by atoms with E-state index in [1.807, 2.05) is 12.3 Å². The van der Waals surface area contributed by atoms with Crippen LogP contribution in [0.1, 0.15) is 25.7 Å². The number of hydrogen-bond donors (Lipinski definition) is 1. The van der Waals surface area contributed by atoms with E-state index in [0.717, 1.165) is 17.6 Å². The summed E-state index contributed by atoms with van der Waals surface area (Å²) in [5, 5.41) is 0. The molecule has 3 nitrogen and oxygen atoms in total. The molecule has 2 fully saturated rings. The summed E-state index contributed by atoms with van der Waals surface area (Å²) in [6.45, 7) is 1.20. The average Bonchev–Trinajstić information content (AvgIpc) is 3.08. The normalized spacial score (nSPS) is 20.3. The molecule has 0 atom stereocenters. The van der Waals surface area contributed by atoms with Crippen LogP contribution in [0, 0.1) is 5.92 Å². The van der Waals surface area contributed by atoms with E-state index in [1.54, 1.807) is 6.20 Å². The first-order chi connectivity index (χ1) is 7.33. The van der Waals surface area contributed by atoms with Crippen molar-refractivity contribution >= 4 is 11.4 Å². The molecule has 0 unspecified atom stereocenters. The summed E-state index contributed by atoms with van der Waals surface area (Å²) in [4.78, 5) is 6.68. The fourth-order valence-electron chi connectivity index (χ4n) is 2.03. The number of hydrogen-bond acceptors (Lipinski definition) is 3. The summed E-state index contributed by atoms with van der Waals surface area (Å²) < 4.78 is 0. The molecule has 0 radical (unpaired) electrons. The molecule has 0 amide bonds. The largest absolute Gasteiger partial charge is 0.397 e. The number of nitrogen functional groups attached to an aromatic ring is 1. The van der Waals surface area contributed by atoms with E-state index >= 15 is 0 Å². The lowest BCUT2D eigenvalue weighted by Crippen LogP contribution is -2.28. The SMILES string of the molecule is Nc1cncc(N(CC2CC2)C2CC2)c1. The third-order valence-corrected chi connectivity index (χ3v) is 3.22. The molecule has 1 aromatic heterocycles. The zero-order valence-corrected chi connectivity index (χ0v) is 8.89. The standard InChI is InChI=1S/C12H17N3/c13-10-5-12(7-14-6-10)15(11-3-4-11)8-9-1-2-9/h5-7,9,11H,1-4,8,13H2. The van der Waals surface area contributed by atoms with Gasteiger partial charge in [0.05, 0.1) is 17.6 Å². The minimum atomic E-state index is 0.759. The Morgan fingerprint density at radius 1 is 1.27 bits per heavy atom. The maximum Gasteiger partial charge on any atom is 0.0576 e. The highest BCUT2D eigenvalue weighted by molar-refractivity contribution is 5.54. The summed E-state index contributed by atoms with van der Waals surface area (Å²) >= 11 is 0. The predicted molar refractivity (Wildman–Crippen MR) is 61.7 cm³/mol. The fourth-order valence-corrected chi connectivity index (χ4v) is 2.03. The van der Waals surface area contributed by atoms with Gasteiger partial charge in [-0.2, -0.15) is 0 Å². The van der Waals surface area contributed by atoms with E-state index in [1.165, 1.54) is 37.9 Å². The van der Waals surface area contributed by atoms with Crippen LogP contribution in [0.5, 0.6) is 0 Å². The second-order valence-electron chi connectivity index (χ2n) is 4.80. The topological polar surface area (TPSA) is 42.1 Å². The van der Waals surface area contributed by atoms with Crippen LogP contribution in [0.3, 0.4) is 0 Å². The zero-order valence-electron chi connectivity index (χ0n) is 8.89. The Balaban J connectivity index is 1.80. The van der Waals surface area contributed by atoms with E-state index in [-0.39, 0.29) is 0 Å². The van der Waals surface area contributed by atoms with Gasteiger partial charge in [0.15, 0.2) is 0 Å². The van der Waals surface area contributed by atoms with E-state index < -0.39 is 0 Å². The van der Waals surface area contributed by atoms with Gasteiger partial charge in [0, 0.05) is 18.8 Å². The van der Waals surface area contributed by atoms with E-state index in [0.29, 0.717) is 0 Å². The molecule has 2 saturated carbocycles. The second-order valence-corrected chi connectivity index (χ2v) is 4.80. The average molecular weight is 203 g/mol. The Hall–Kier alpha value is -1.25. The Bertz CT molecular complexity index is 356. The molecule has 2 aliphatic rings. The van der Waals surface area contributed by atoms with Crippen LogP contribution in [-0.4, -0.2) is 17.6 Å². The third-order valence-electron chi connectivity index (χ3n) is 3.22. The van der Waals surface area contributed by atoms with Crippen LogP contribution in [0.2, 0.25) is 0 Å². The first-order valence-corrected chi connectivity index (χ1v) is 5.80. The fraction of sp³-hybridized carbons (Fsp3) is 0.583. The number of pyridine rings is 1. The quantitative estimate of drug-likeness (QED) is 0.814. The van der Waals surface area contributed by atoms with Crippen LogP contribution in [0.4, 0.5) is 11.4 Å². The molecule has 1 heterocycles. The van der Waals surface area contributed by atoms with Crippen LogP contribution < -0.4 is 10.6 Å². The van der Waals surface area contributed by atoms with Gasteiger partial charge in [0.1, 0.15) is 0 Å². The van der Waals surface area contributed by atoms with Gasteiger partial charge in [0.2, 0.25) is 0 Å². The number of rotatable bonds is 4. The van der Waals surface area contributed by atoms with Crippen molar-refractivity contribution in [3.05, 3.63) is 18.5 Å². The minimum absolute atomic E-state index is 0.759. The van der Waals surface area contributed by atoms with E-state index in [2.05, 4.69) is 9.88 Å². The third kappa shape index (κ3) is 2.06. The van der Waals surface area contributed by atoms with Crippen LogP contribution >= 0.6 is 0 Å². The molecule has 0 aromatic carbocycles. The summed E-state index contributed by atoms with van der Waals surface area (Å²) in [7, 11) is 0. The molecule has 2 aliphatic carbocycles. The molecule has 3 heteroatoms. The summed E-state index contributed by atoms with van der Waals surface area (Å²) in [6.07, 6.45) is 9.13. The van der Waals surface area contributed by atoms with Crippen molar-refractivity contribution in [2.45, 2.75) is 31.7 Å².